The summed E-state index contributed by atoms with van der Waals surface area (Å²) >= 11 is 0. The zero-order chi connectivity index (χ0) is 51.2. The standard InChI is InChI=1S/C58H43N4O.Pt/c1-58(2,3)44-33-34-59-56(36-44)62-52-32-29-43(40-17-7-4-8-18-40)35-51(52)50-31-30-47(38-55(50)62)63-46-24-15-23-45(37-46)60-39-61(54-28-14-13-27-53(54)60)57-48(41-19-9-5-10-20-41)25-16-26-49(57)42-21-11-6-12-22-42;/h4-36,39H,1-3H3;/q-3;/i5D,6D,9D,10D,11D,12D,19D,20D,21D,22D;. The summed E-state index contributed by atoms with van der Waals surface area (Å²) in [6.45, 7) is 8.27. The van der Waals surface area contributed by atoms with Gasteiger partial charge < -0.3 is 19.1 Å². The molecular weight excluding hydrogens is 964 g/mol. The third kappa shape index (κ3) is 7.46. The van der Waals surface area contributed by atoms with E-state index in [0.29, 0.717) is 28.6 Å². The summed E-state index contributed by atoms with van der Waals surface area (Å²) in [5.74, 6) is 1.56. The molecule has 0 amide bonds. The fourth-order valence-corrected chi connectivity index (χ4v) is 8.25. The predicted molar refractivity (Wildman–Crippen MR) is 259 cm³/mol. The number of anilines is 4. The SMILES string of the molecule is [2H]c1c([2H])c([2H])c(-c2cccc(-c3c([2H])c([2H])c([2H])c([2H])c3[2H])c2N2[CH-]N(c3[c-]c(Oc4[c-]c5c(cc4)c4cc(-c6ccccc6)ccc4n5-c4cc(C(C)(C)C)ccn4)ccc3)c3ccccc32)c([2H])c1[2H].[Pt]. The molecule has 0 saturated heterocycles. The zero-order valence-electron chi connectivity index (χ0n) is 44.9. The van der Waals surface area contributed by atoms with Crippen molar-refractivity contribution in [3.63, 3.8) is 0 Å². The molecule has 0 bridgehead atoms. The van der Waals surface area contributed by atoms with Gasteiger partial charge in [0.05, 0.1) is 13.7 Å². The van der Waals surface area contributed by atoms with Gasteiger partial charge in [-0.15, -0.1) is 48.1 Å². The first kappa shape index (κ1) is 30.8. The van der Waals surface area contributed by atoms with Gasteiger partial charge in [0.2, 0.25) is 0 Å². The summed E-state index contributed by atoms with van der Waals surface area (Å²) in [6, 6.07) is 44.3. The molecule has 3 heterocycles. The van der Waals surface area contributed by atoms with Gasteiger partial charge in [-0.1, -0.05) is 160 Å². The Morgan fingerprint density at radius 1 is 0.578 bits per heavy atom. The van der Waals surface area contributed by atoms with Crippen molar-refractivity contribution in [3.05, 3.63) is 224 Å². The molecule has 8 aromatic carbocycles. The Labute approximate surface area is 403 Å². The minimum absolute atomic E-state index is 0. The van der Waals surface area contributed by atoms with Crippen LogP contribution in [0.3, 0.4) is 0 Å². The number of hydrogen-bond donors (Lipinski definition) is 0. The van der Waals surface area contributed by atoms with Crippen molar-refractivity contribution in [2.75, 3.05) is 9.80 Å². The number of fused-ring (bicyclic) bond motifs is 4. The molecule has 0 saturated carbocycles. The van der Waals surface area contributed by atoms with Crippen molar-refractivity contribution < 1.29 is 39.5 Å². The fourth-order valence-electron chi connectivity index (χ4n) is 8.25. The van der Waals surface area contributed by atoms with Crippen LogP contribution in [0.1, 0.15) is 40.0 Å². The van der Waals surface area contributed by atoms with Gasteiger partial charge in [0.25, 0.3) is 0 Å². The van der Waals surface area contributed by atoms with Gasteiger partial charge in [0.1, 0.15) is 5.82 Å². The summed E-state index contributed by atoms with van der Waals surface area (Å²) in [5.41, 5.74) is 7.05. The van der Waals surface area contributed by atoms with Crippen molar-refractivity contribution in [2.24, 2.45) is 0 Å². The van der Waals surface area contributed by atoms with Gasteiger partial charge in [-0.2, -0.15) is 12.1 Å². The van der Waals surface area contributed by atoms with Crippen LogP contribution >= 0.6 is 0 Å². The molecule has 1 aliphatic heterocycles. The van der Waals surface area contributed by atoms with Gasteiger partial charge in [0, 0.05) is 72.5 Å². The Balaban J connectivity index is 0.00000626. The number of hydrogen-bond acceptors (Lipinski definition) is 4. The molecule has 64 heavy (non-hydrogen) atoms. The van der Waals surface area contributed by atoms with Crippen LogP contribution in [0.15, 0.2) is 200 Å². The van der Waals surface area contributed by atoms with Gasteiger partial charge in [-0.05, 0) is 69.0 Å². The minimum atomic E-state index is -0.566. The third-order valence-corrected chi connectivity index (χ3v) is 11.3. The van der Waals surface area contributed by atoms with Gasteiger partial charge >= 0.3 is 0 Å². The quantitative estimate of drug-likeness (QED) is 0.142. The summed E-state index contributed by atoms with van der Waals surface area (Å²) in [6.07, 6.45) is 1.84. The van der Waals surface area contributed by atoms with Gasteiger partial charge in [-0.25, -0.2) is 4.98 Å². The molecule has 2 aromatic heterocycles. The maximum absolute atomic E-state index is 9.03. The van der Waals surface area contributed by atoms with E-state index in [2.05, 4.69) is 73.9 Å². The average molecular weight is 1020 g/mol. The summed E-state index contributed by atoms with van der Waals surface area (Å²) in [5, 5.41) is 2.00. The van der Waals surface area contributed by atoms with Crippen molar-refractivity contribution in [1.82, 2.24) is 9.55 Å². The number of para-hydroxylation sites is 3. The largest absolute Gasteiger partial charge is 0.509 e. The molecule has 1 aliphatic rings. The molecule has 0 atom stereocenters. The van der Waals surface area contributed by atoms with E-state index in [-0.39, 0.29) is 54.4 Å². The Kier molecular flexibility index (Phi) is 8.09. The number of benzene rings is 8. The topological polar surface area (TPSA) is 33.5 Å². The molecule has 6 heteroatoms. The summed E-state index contributed by atoms with van der Waals surface area (Å²) < 4.78 is 95.9. The maximum atomic E-state index is 9.03. The number of aromatic nitrogens is 2. The number of pyridine rings is 1. The van der Waals surface area contributed by atoms with E-state index in [1.165, 1.54) is 0 Å². The smallest absolute Gasteiger partial charge is 0.135 e. The fraction of sp³-hybridized carbons (Fsp3) is 0.0690. The Hall–Kier alpha value is -7.20. The number of ether oxygens (including phenoxy) is 1. The molecule has 0 radical (unpaired) electrons. The Morgan fingerprint density at radius 3 is 1.94 bits per heavy atom. The van der Waals surface area contributed by atoms with E-state index in [1.807, 2.05) is 83.9 Å². The van der Waals surface area contributed by atoms with Crippen LogP contribution in [-0.4, -0.2) is 9.55 Å². The third-order valence-electron chi connectivity index (χ3n) is 11.3. The van der Waals surface area contributed by atoms with Crippen LogP contribution < -0.4 is 14.5 Å². The molecule has 0 unspecified atom stereocenters. The second-order valence-corrected chi connectivity index (χ2v) is 16.2. The van der Waals surface area contributed by atoms with E-state index >= 15 is 0 Å². The molecule has 0 fully saturated rings. The molecule has 0 aliphatic carbocycles. The normalized spacial score (nSPS) is 14.5. The first-order valence-electron chi connectivity index (χ1n) is 25.5. The number of rotatable bonds is 8. The predicted octanol–water partition coefficient (Wildman–Crippen LogP) is 15.3. The van der Waals surface area contributed by atoms with Crippen LogP contribution in [-0.2, 0) is 26.5 Å². The molecular formula is C58H43N4OPt-3. The van der Waals surface area contributed by atoms with Crippen LogP contribution in [0.4, 0.5) is 22.7 Å². The van der Waals surface area contributed by atoms with E-state index in [1.54, 1.807) is 35.8 Å². The first-order chi connectivity index (χ1) is 35.0. The van der Waals surface area contributed by atoms with Crippen molar-refractivity contribution in [3.8, 4) is 50.7 Å². The van der Waals surface area contributed by atoms with Crippen LogP contribution in [0.5, 0.6) is 11.5 Å². The zero-order valence-corrected chi connectivity index (χ0v) is 37.1. The van der Waals surface area contributed by atoms with E-state index in [9.17, 15) is 0 Å². The minimum Gasteiger partial charge on any atom is -0.509 e. The maximum Gasteiger partial charge on any atom is 0.135 e. The van der Waals surface area contributed by atoms with Crippen LogP contribution in [0.25, 0.3) is 61.0 Å². The van der Waals surface area contributed by atoms with E-state index in [4.69, 9.17) is 23.4 Å². The van der Waals surface area contributed by atoms with Crippen molar-refractivity contribution in [2.45, 2.75) is 26.2 Å². The molecule has 0 spiro atoms. The van der Waals surface area contributed by atoms with Gasteiger partial charge in [-0.3, -0.25) is 0 Å². The molecule has 10 aromatic rings. The molecule has 0 N–H and O–H groups in total. The van der Waals surface area contributed by atoms with Crippen LogP contribution in [0.2, 0.25) is 0 Å². The summed E-state index contributed by atoms with van der Waals surface area (Å²) in [7, 11) is 0. The summed E-state index contributed by atoms with van der Waals surface area (Å²) in [4.78, 5) is 8.48. The average Bonchev–Trinajstić information content (AvgIpc) is 3.94. The second kappa shape index (κ2) is 16.8. The molecule has 5 nitrogen and oxygen atoms in total. The Bertz CT molecular complexity index is 3750. The van der Waals surface area contributed by atoms with Gasteiger partial charge in [0.15, 0.2) is 0 Å². The van der Waals surface area contributed by atoms with E-state index in [0.717, 1.165) is 44.3 Å². The monoisotopic (exact) mass is 1020 g/mol. The van der Waals surface area contributed by atoms with Crippen molar-refractivity contribution in [1.29, 1.82) is 0 Å². The van der Waals surface area contributed by atoms with E-state index < -0.39 is 60.4 Å². The first-order valence-corrected chi connectivity index (χ1v) is 20.5. The van der Waals surface area contributed by atoms with Crippen molar-refractivity contribution >= 4 is 44.6 Å². The second-order valence-electron chi connectivity index (χ2n) is 16.2. The molecule has 314 valence electrons. The molecule has 11 rings (SSSR count). The van der Waals surface area contributed by atoms with Crippen LogP contribution in [0, 0.1) is 18.8 Å². The number of nitrogens with zero attached hydrogens (tertiary/aromatic N) is 4. The Morgan fingerprint density at radius 2 is 1.23 bits per heavy atom.